The van der Waals surface area contributed by atoms with E-state index in [0.29, 0.717) is 11.4 Å². The lowest BCUT2D eigenvalue weighted by Crippen LogP contribution is -3.11. The predicted octanol–water partition coefficient (Wildman–Crippen LogP) is -0.0558. The number of amides is 2. The van der Waals surface area contributed by atoms with Gasteiger partial charge in [0.15, 0.2) is 13.1 Å². The maximum Gasteiger partial charge on any atom is 0.279 e. The SMILES string of the molecule is CCCNC(=O)C[NH+](C)CC(=O)Nc1c(F)cccc1F. The highest BCUT2D eigenvalue weighted by atomic mass is 19.1. The van der Waals surface area contributed by atoms with Gasteiger partial charge < -0.3 is 15.5 Å². The van der Waals surface area contributed by atoms with Crippen LogP contribution >= 0.6 is 0 Å². The summed E-state index contributed by atoms with van der Waals surface area (Å²) in [6.45, 7) is 2.58. The summed E-state index contributed by atoms with van der Waals surface area (Å²) < 4.78 is 26.7. The molecule has 0 aliphatic rings. The highest BCUT2D eigenvalue weighted by Crippen LogP contribution is 2.17. The van der Waals surface area contributed by atoms with Gasteiger partial charge in [-0.1, -0.05) is 13.0 Å². The van der Waals surface area contributed by atoms with E-state index in [1.165, 1.54) is 6.07 Å². The van der Waals surface area contributed by atoms with E-state index in [0.717, 1.165) is 18.6 Å². The van der Waals surface area contributed by atoms with Crippen molar-refractivity contribution in [2.75, 3.05) is 32.0 Å². The number of hydrogen-bond donors (Lipinski definition) is 3. The van der Waals surface area contributed by atoms with Crippen molar-refractivity contribution >= 4 is 17.5 Å². The maximum atomic E-state index is 13.4. The van der Waals surface area contributed by atoms with Crippen LogP contribution in [0.4, 0.5) is 14.5 Å². The number of para-hydroxylation sites is 1. The Bertz CT molecular complexity index is 489. The number of carbonyl (C=O) groups is 2. The number of anilines is 1. The van der Waals surface area contributed by atoms with Gasteiger partial charge in [-0.05, 0) is 18.6 Å². The molecule has 7 heteroatoms. The van der Waals surface area contributed by atoms with Gasteiger partial charge in [-0.2, -0.15) is 0 Å². The molecular formula is C14H20F2N3O2+. The fourth-order valence-electron chi connectivity index (χ4n) is 1.74. The van der Waals surface area contributed by atoms with Crippen LogP contribution in [0.5, 0.6) is 0 Å². The molecule has 0 spiro atoms. The van der Waals surface area contributed by atoms with E-state index in [1.807, 2.05) is 6.92 Å². The fourth-order valence-corrected chi connectivity index (χ4v) is 1.74. The summed E-state index contributed by atoms with van der Waals surface area (Å²) in [6, 6.07) is 3.34. The van der Waals surface area contributed by atoms with Gasteiger partial charge >= 0.3 is 0 Å². The zero-order valence-electron chi connectivity index (χ0n) is 12.1. The first kappa shape index (κ1) is 17.0. The molecule has 21 heavy (non-hydrogen) atoms. The monoisotopic (exact) mass is 300 g/mol. The minimum absolute atomic E-state index is 0.0622. The zero-order chi connectivity index (χ0) is 15.8. The van der Waals surface area contributed by atoms with Gasteiger partial charge in [0, 0.05) is 6.54 Å². The second-order valence-electron chi connectivity index (χ2n) is 4.81. The van der Waals surface area contributed by atoms with E-state index < -0.39 is 23.2 Å². The van der Waals surface area contributed by atoms with Gasteiger partial charge in [0.1, 0.15) is 17.3 Å². The molecule has 5 nitrogen and oxygen atoms in total. The van der Waals surface area contributed by atoms with E-state index >= 15 is 0 Å². The number of nitrogens with one attached hydrogen (secondary N) is 3. The quantitative estimate of drug-likeness (QED) is 0.661. The molecule has 1 rings (SSSR count). The first-order valence-electron chi connectivity index (χ1n) is 6.76. The summed E-state index contributed by atoms with van der Waals surface area (Å²) in [5, 5.41) is 4.88. The minimum Gasteiger partial charge on any atom is -0.351 e. The molecule has 3 N–H and O–H groups in total. The summed E-state index contributed by atoms with van der Waals surface area (Å²) in [6.07, 6.45) is 0.831. The molecule has 1 aromatic carbocycles. The summed E-state index contributed by atoms with van der Waals surface area (Å²) >= 11 is 0. The van der Waals surface area contributed by atoms with E-state index in [9.17, 15) is 18.4 Å². The lowest BCUT2D eigenvalue weighted by atomic mass is 10.3. The Morgan fingerprint density at radius 1 is 1.14 bits per heavy atom. The third-order valence-electron chi connectivity index (χ3n) is 2.72. The van der Waals surface area contributed by atoms with Gasteiger partial charge in [0.05, 0.1) is 7.05 Å². The predicted molar refractivity (Wildman–Crippen MR) is 74.9 cm³/mol. The van der Waals surface area contributed by atoms with Gasteiger partial charge in [-0.15, -0.1) is 0 Å². The third kappa shape index (κ3) is 5.86. The second kappa shape index (κ2) is 8.31. The summed E-state index contributed by atoms with van der Waals surface area (Å²) in [7, 11) is 1.66. The fraction of sp³-hybridized carbons (Fsp3) is 0.429. The lowest BCUT2D eigenvalue weighted by molar-refractivity contribution is -0.862. The first-order valence-corrected chi connectivity index (χ1v) is 6.76. The first-order chi connectivity index (χ1) is 9.93. The number of carbonyl (C=O) groups excluding carboxylic acids is 2. The van der Waals surface area contributed by atoms with Crippen LogP contribution < -0.4 is 15.5 Å². The van der Waals surface area contributed by atoms with Crippen LogP contribution in [-0.4, -0.2) is 38.5 Å². The molecule has 1 atom stereocenters. The Kier molecular flexibility index (Phi) is 6.74. The largest absolute Gasteiger partial charge is 0.351 e. The summed E-state index contributed by atoms with van der Waals surface area (Å²) in [4.78, 5) is 23.8. The topological polar surface area (TPSA) is 62.6 Å². The third-order valence-corrected chi connectivity index (χ3v) is 2.72. The average molecular weight is 300 g/mol. The number of halogens is 2. The number of quaternary nitrogens is 1. The van der Waals surface area contributed by atoms with E-state index in [2.05, 4.69) is 10.6 Å². The van der Waals surface area contributed by atoms with Crippen molar-refractivity contribution < 1.29 is 23.3 Å². The van der Waals surface area contributed by atoms with Crippen molar-refractivity contribution in [1.82, 2.24) is 5.32 Å². The van der Waals surface area contributed by atoms with Crippen LogP contribution in [-0.2, 0) is 9.59 Å². The molecule has 1 aromatic rings. The Balaban J connectivity index is 2.48. The Morgan fingerprint density at radius 2 is 1.71 bits per heavy atom. The second-order valence-corrected chi connectivity index (χ2v) is 4.81. The van der Waals surface area contributed by atoms with E-state index in [4.69, 9.17) is 0 Å². The highest BCUT2D eigenvalue weighted by molar-refractivity contribution is 5.91. The molecular weight excluding hydrogens is 280 g/mol. The maximum absolute atomic E-state index is 13.4. The van der Waals surface area contributed by atoms with Crippen molar-refractivity contribution in [2.24, 2.45) is 0 Å². The van der Waals surface area contributed by atoms with Crippen LogP contribution in [0.25, 0.3) is 0 Å². The smallest absolute Gasteiger partial charge is 0.279 e. The van der Waals surface area contributed by atoms with E-state index in [-0.39, 0.29) is 19.0 Å². The Labute approximate surface area is 122 Å². The number of likely N-dealkylation sites (N-methyl/N-ethyl adjacent to an activating group) is 1. The Morgan fingerprint density at radius 3 is 2.29 bits per heavy atom. The number of benzene rings is 1. The summed E-state index contributed by atoms with van der Waals surface area (Å²) in [5.74, 6) is -2.39. The summed E-state index contributed by atoms with van der Waals surface area (Å²) in [5.41, 5.74) is -0.467. The van der Waals surface area contributed by atoms with Crippen molar-refractivity contribution in [1.29, 1.82) is 0 Å². The average Bonchev–Trinajstić information content (AvgIpc) is 2.40. The van der Waals surface area contributed by atoms with Crippen molar-refractivity contribution in [3.05, 3.63) is 29.8 Å². The van der Waals surface area contributed by atoms with Gasteiger partial charge in [0.2, 0.25) is 0 Å². The minimum atomic E-state index is -0.832. The zero-order valence-corrected chi connectivity index (χ0v) is 12.1. The van der Waals surface area contributed by atoms with Crippen LogP contribution in [0.2, 0.25) is 0 Å². The van der Waals surface area contributed by atoms with Crippen LogP contribution in [0.15, 0.2) is 18.2 Å². The lowest BCUT2D eigenvalue weighted by Gasteiger charge is -2.14. The molecule has 0 saturated heterocycles. The number of rotatable bonds is 7. The van der Waals surface area contributed by atoms with Crippen LogP contribution in [0, 0.1) is 11.6 Å². The molecule has 0 fully saturated rings. The van der Waals surface area contributed by atoms with Crippen molar-refractivity contribution in [3.8, 4) is 0 Å². The van der Waals surface area contributed by atoms with Crippen LogP contribution in [0.1, 0.15) is 13.3 Å². The molecule has 0 aromatic heterocycles. The molecule has 0 aliphatic carbocycles. The molecule has 0 saturated carbocycles. The van der Waals surface area contributed by atoms with Gasteiger partial charge in [-0.3, -0.25) is 9.59 Å². The van der Waals surface area contributed by atoms with E-state index in [1.54, 1.807) is 7.05 Å². The highest BCUT2D eigenvalue weighted by Gasteiger charge is 2.17. The molecule has 0 heterocycles. The Hall–Kier alpha value is -2.02. The molecule has 116 valence electrons. The number of hydrogen-bond acceptors (Lipinski definition) is 2. The van der Waals surface area contributed by atoms with Gasteiger partial charge in [-0.25, -0.2) is 8.78 Å². The van der Waals surface area contributed by atoms with Gasteiger partial charge in [0.25, 0.3) is 11.8 Å². The molecule has 0 aliphatic heterocycles. The molecule has 1 unspecified atom stereocenters. The molecule has 0 radical (unpaired) electrons. The van der Waals surface area contributed by atoms with Crippen LogP contribution in [0.3, 0.4) is 0 Å². The molecule has 2 amide bonds. The van der Waals surface area contributed by atoms with Crippen molar-refractivity contribution in [2.45, 2.75) is 13.3 Å². The standard InChI is InChI=1S/C14H19F2N3O2/c1-3-7-17-12(20)8-19(2)9-13(21)18-14-10(15)5-4-6-11(14)16/h4-6H,3,7-9H2,1-2H3,(H,17,20)(H,18,21)/p+1. The normalized spacial score (nSPS) is 11.8. The van der Waals surface area contributed by atoms with Crippen molar-refractivity contribution in [3.63, 3.8) is 0 Å². The molecule has 0 bridgehead atoms.